The van der Waals surface area contributed by atoms with Crippen LogP contribution in [0.4, 0.5) is 4.39 Å². The van der Waals surface area contributed by atoms with Crippen molar-refractivity contribution in [3.8, 4) is 0 Å². The lowest BCUT2D eigenvalue weighted by Crippen LogP contribution is -2.39. The molecule has 0 bridgehead atoms. The molecule has 1 aromatic rings. The minimum Gasteiger partial charge on any atom is -0.348 e. The van der Waals surface area contributed by atoms with Gasteiger partial charge in [-0.3, -0.25) is 4.79 Å². The molecule has 20 heavy (non-hydrogen) atoms. The smallest absolute Gasteiger partial charge is 0.235 e. The monoisotopic (exact) mass is 302 g/mol. The van der Waals surface area contributed by atoms with Gasteiger partial charge in [0.2, 0.25) is 15.9 Å². The van der Waals surface area contributed by atoms with Gasteiger partial charge in [-0.15, -0.1) is 0 Å². The van der Waals surface area contributed by atoms with E-state index < -0.39 is 15.9 Å². The van der Waals surface area contributed by atoms with E-state index in [2.05, 4.69) is 5.32 Å². The normalized spacial score (nSPS) is 13.2. The van der Waals surface area contributed by atoms with Crippen LogP contribution in [0.25, 0.3) is 0 Å². The minimum atomic E-state index is -3.38. The molecule has 112 valence electrons. The Morgan fingerprint density at radius 3 is 2.40 bits per heavy atom. The minimum absolute atomic E-state index is 0.0513. The number of hydrogen-bond donors (Lipinski definition) is 1. The molecule has 1 unspecified atom stereocenters. The number of rotatable bonds is 6. The van der Waals surface area contributed by atoms with E-state index in [9.17, 15) is 17.6 Å². The van der Waals surface area contributed by atoms with Gasteiger partial charge in [-0.25, -0.2) is 12.8 Å². The van der Waals surface area contributed by atoms with Crippen molar-refractivity contribution in [1.82, 2.24) is 9.62 Å². The van der Waals surface area contributed by atoms with Crippen molar-refractivity contribution in [1.29, 1.82) is 0 Å². The van der Waals surface area contributed by atoms with Crippen molar-refractivity contribution in [3.63, 3.8) is 0 Å². The first kappa shape index (κ1) is 16.6. The number of carbonyl (C=O) groups excluding carboxylic acids is 1. The maximum atomic E-state index is 12.8. The molecular weight excluding hydrogens is 283 g/mol. The molecule has 1 amide bonds. The number of nitrogens with zero attached hydrogens (tertiary/aromatic N) is 1. The summed E-state index contributed by atoms with van der Waals surface area (Å²) < 4.78 is 36.9. The molecule has 0 saturated carbocycles. The molecule has 1 atom stereocenters. The van der Waals surface area contributed by atoms with Crippen molar-refractivity contribution >= 4 is 15.9 Å². The number of amides is 1. The Morgan fingerprint density at radius 2 is 1.90 bits per heavy atom. The van der Waals surface area contributed by atoms with Crippen LogP contribution in [0.15, 0.2) is 24.3 Å². The molecule has 0 aromatic heterocycles. The fraction of sp³-hybridized carbons (Fsp3) is 0.462. The molecule has 0 spiro atoms. The highest BCUT2D eigenvalue weighted by molar-refractivity contribution is 7.89. The van der Waals surface area contributed by atoms with Gasteiger partial charge in [0.1, 0.15) is 5.82 Å². The van der Waals surface area contributed by atoms with Crippen LogP contribution in [0.3, 0.4) is 0 Å². The van der Waals surface area contributed by atoms with Crippen LogP contribution in [-0.4, -0.2) is 38.0 Å². The Labute approximate surface area is 118 Å². The quantitative estimate of drug-likeness (QED) is 0.861. The largest absolute Gasteiger partial charge is 0.348 e. The van der Waals surface area contributed by atoms with Crippen LogP contribution >= 0.6 is 0 Å². The lowest BCUT2D eigenvalue weighted by Gasteiger charge is -2.18. The van der Waals surface area contributed by atoms with Gasteiger partial charge in [0.15, 0.2) is 0 Å². The van der Waals surface area contributed by atoms with Crippen molar-refractivity contribution in [2.24, 2.45) is 0 Å². The van der Waals surface area contributed by atoms with E-state index in [0.717, 1.165) is 9.87 Å². The maximum absolute atomic E-state index is 12.8. The summed E-state index contributed by atoms with van der Waals surface area (Å²) in [6.45, 7) is 3.03. The zero-order valence-corrected chi connectivity index (χ0v) is 12.6. The lowest BCUT2D eigenvalue weighted by molar-refractivity contribution is -0.121. The summed E-state index contributed by atoms with van der Waals surface area (Å²) in [6.07, 6.45) is 0. The van der Waals surface area contributed by atoms with Crippen LogP contribution < -0.4 is 5.32 Å². The van der Waals surface area contributed by atoms with E-state index in [1.165, 1.54) is 26.1 Å². The maximum Gasteiger partial charge on any atom is 0.235 e. The standard InChI is InChI=1S/C13H19FN2O3S/c1-4-20(18,19)16(3)9-13(17)15-10(2)11-5-7-12(14)8-6-11/h5-8,10H,4,9H2,1-3H3,(H,15,17). The number of halogens is 1. The molecule has 0 radical (unpaired) electrons. The van der Waals surface area contributed by atoms with Gasteiger partial charge in [-0.2, -0.15) is 4.31 Å². The van der Waals surface area contributed by atoms with E-state index in [1.54, 1.807) is 19.1 Å². The summed E-state index contributed by atoms with van der Waals surface area (Å²) in [6, 6.07) is 5.46. The summed E-state index contributed by atoms with van der Waals surface area (Å²) >= 11 is 0. The molecule has 5 nitrogen and oxygen atoms in total. The van der Waals surface area contributed by atoms with Gasteiger partial charge < -0.3 is 5.32 Å². The Hall–Kier alpha value is -1.47. The summed E-state index contributed by atoms with van der Waals surface area (Å²) in [7, 11) is -2.01. The third kappa shape index (κ3) is 4.57. The molecule has 1 rings (SSSR count). The predicted molar refractivity (Wildman–Crippen MR) is 75.0 cm³/mol. The van der Waals surface area contributed by atoms with Gasteiger partial charge in [-0.1, -0.05) is 12.1 Å². The Morgan fingerprint density at radius 1 is 1.35 bits per heavy atom. The fourth-order valence-electron chi connectivity index (χ4n) is 1.64. The van der Waals surface area contributed by atoms with E-state index in [4.69, 9.17) is 0 Å². The molecule has 0 saturated heterocycles. The summed E-state index contributed by atoms with van der Waals surface area (Å²) in [5, 5.41) is 2.68. The van der Waals surface area contributed by atoms with E-state index >= 15 is 0 Å². The topological polar surface area (TPSA) is 66.5 Å². The second-order valence-corrected chi connectivity index (χ2v) is 6.86. The van der Waals surface area contributed by atoms with Crippen LogP contribution in [0.5, 0.6) is 0 Å². The van der Waals surface area contributed by atoms with E-state index in [-0.39, 0.29) is 24.2 Å². The molecule has 1 N–H and O–H groups in total. The first-order valence-electron chi connectivity index (χ1n) is 6.25. The van der Waals surface area contributed by atoms with Crippen molar-refractivity contribution in [2.45, 2.75) is 19.9 Å². The first-order chi connectivity index (χ1) is 9.26. The average molecular weight is 302 g/mol. The second-order valence-electron chi connectivity index (χ2n) is 4.50. The van der Waals surface area contributed by atoms with Crippen molar-refractivity contribution < 1.29 is 17.6 Å². The summed E-state index contributed by atoms with van der Waals surface area (Å²) in [5.74, 6) is -0.799. The second kappa shape index (κ2) is 6.81. The zero-order chi connectivity index (χ0) is 15.3. The number of sulfonamides is 1. The van der Waals surface area contributed by atoms with Gasteiger partial charge >= 0.3 is 0 Å². The molecule has 0 aliphatic rings. The summed E-state index contributed by atoms with van der Waals surface area (Å²) in [4.78, 5) is 11.8. The molecule has 0 fully saturated rings. The Bertz CT molecular complexity index is 557. The average Bonchev–Trinajstić information content (AvgIpc) is 2.39. The summed E-state index contributed by atoms with van der Waals surface area (Å²) in [5.41, 5.74) is 0.751. The molecule has 7 heteroatoms. The van der Waals surface area contributed by atoms with Crippen LogP contribution in [0.2, 0.25) is 0 Å². The number of nitrogens with one attached hydrogen (secondary N) is 1. The van der Waals surface area contributed by atoms with Crippen LogP contribution in [0.1, 0.15) is 25.5 Å². The number of hydrogen-bond acceptors (Lipinski definition) is 3. The lowest BCUT2D eigenvalue weighted by atomic mass is 10.1. The highest BCUT2D eigenvalue weighted by Gasteiger charge is 2.19. The van der Waals surface area contributed by atoms with Gasteiger partial charge in [0.05, 0.1) is 18.3 Å². The van der Waals surface area contributed by atoms with Crippen LogP contribution in [0, 0.1) is 5.82 Å². The third-order valence-corrected chi connectivity index (χ3v) is 4.76. The van der Waals surface area contributed by atoms with Gasteiger partial charge in [0, 0.05) is 7.05 Å². The highest BCUT2D eigenvalue weighted by atomic mass is 32.2. The van der Waals surface area contributed by atoms with Crippen molar-refractivity contribution in [2.75, 3.05) is 19.3 Å². The third-order valence-electron chi connectivity index (χ3n) is 2.95. The molecule has 0 aliphatic heterocycles. The van der Waals surface area contributed by atoms with Crippen molar-refractivity contribution in [3.05, 3.63) is 35.6 Å². The molecule has 0 aliphatic carbocycles. The number of carbonyl (C=O) groups is 1. The van der Waals surface area contributed by atoms with Gasteiger partial charge in [0.25, 0.3) is 0 Å². The van der Waals surface area contributed by atoms with E-state index in [0.29, 0.717) is 0 Å². The zero-order valence-electron chi connectivity index (χ0n) is 11.8. The molecule has 0 heterocycles. The fourth-order valence-corrected chi connectivity index (χ4v) is 2.40. The SMILES string of the molecule is CCS(=O)(=O)N(C)CC(=O)NC(C)c1ccc(F)cc1. The number of likely N-dealkylation sites (N-methyl/N-ethyl adjacent to an activating group) is 1. The number of benzene rings is 1. The predicted octanol–water partition coefficient (Wildman–Crippen LogP) is 1.28. The van der Waals surface area contributed by atoms with Gasteiger partial charge in [-0.05, 0) is 31.5 Å². The highest BCUT2D eigenvalue weighted by Crippen LogP contribution is 2.12. The van der Waals surface area contributed by atoms with E-state index in [1.807, 2.05) is 0 Å². The first-order valence-corrected chi connectivity index (χ1v) is 7.86. The van der Waals surface area contributed by atoms with Crippen LogP contribution in [-0.2, 0) is 14.8 Å². The Balaban J connectivity index is 2.60. The molecule has 1 aromatic carbocycles. The molecular formula is C13H19FN2O3S. The Kier molecular flexibility index (Phi) is 5.64.